The molecular formula is C13H22NO8S3-. The van der Waals surface area contributed by atoms with E-state index < -0.39 is 31.3 Å². The summed E-state index contributed by atoms with van der Waals surface area (Å²) in [5, 5.41) is 3.04. The van der Waals surface area contributed by atoms with Gasteiger partial charge in [-0.05, 0) is 37.1 Å². The molecular weight excluding hydrogens is 394 g/mol. The molecule has 1 unspecified atom stereocenters. The molecule has 12 heteroatoms. The molecule has 0 saturated carbocycles. The molecule has 0 aromatic heterocycles. The van der Waals surface area contributed by atoms with Gasteiger partial charge in [0.15, 0.2) is 9.84 Å². The van der Waals surface area contributed by atoms with Crippen LogP contribution in [-0.2, 0) is 37.7 Å². The summed E-state index contributed by atoms with van der Waals surface area (Å²) in [4.78, 5) is 0.219. The Bertz CT molecular complexity index is 725. The Hall–Kier alpha value is -0.890. The van der Waals surface area contributed by atoms with Crippen LogP contribution in [0, 0.1) is 0 Å². The van der Waals surface area contributed by atoms with Gasteiger partial charge >= 0.3 is 0 Å². The van der Waals surface area contributed by atoms with Crippen LogP contribution >= 0.6 is 0 Å². The molecule has 0 fully saturated rings. The third-order valence-corrected chi connectivity index (χ3v) is 5.36. The second kappa shape index (κ2) is 11.7. The zero-order valence-electron chi connectivity index (χ0n) is 13.6. The van der Waals surface area contributed by atoms with Crippen molar-refractivity contribution >= 4 is 31.3 Å². The molecule has 0 spiro atoms. The third kappa shape index (κ3) is 13.0. The minimum absolute atomic E-state index is 0.0252. The van der Waals surface area contributed by atoms with Crippen LogP contribution in [0.2, 0.25) is 0 Å². The standard InChI is InChI=1S/C13H21NO5S2.H2O3S/c1-2-8-14-9-11-20(15,16)13-5-3-12(4-6-13)7-10-21(17,18)19;1-4(2)3/h3-6,14H,2,7-11H2,1H3,(H,17,18,19);(H2,1,2,3)/p-1. The second-order valence-electron chi connectivity index (χ2n) is 4.97. The molecule has 9 nitrogen and oxygen atoms in total. The topological polar surface area (TPSA) is 161 Å². The highest BCUT2D eigenvalue weighted by molar-refractivity contribution is 7.91. The summed E-state index contributed by atoms with van der Waals surface area (Å²) in [5.41, 5.74) is 0.663. The summed E-state index contributed by atoms with van der Waals surface area (Å²) in [5.74, 6) is -0.350. The van der Waals surface area contributed by atoms with Gasteiger partial charge in [-0.2, -0.15) is 8.42 Å². The monoisotopic (exact) mass is 416 g/mol. The summed E-state index contributed by atoms with van der Waals surface area (Å²) in [6, 6.07) is 6.07. The molecule has 1 rings (SSSR count). The zero-order chi connectivity index (χ0) is 19.5. The molecule has 0 bridgehead atoms. The average molecular weight is 417 g/mol. The van der Waals surface area contributed by atoms with Gasteiger partial charge in [0.1, 0.15) is 0 Å². The van der Waals surface area contributed by atoms with Gasteiger partial charge in [0.05, 0.1) is 27.8 Å². The molecule has 0 aliphatic rings. The Labute approximate surface area is 150 Å². The molecule has 0 saturated heterocycles. The van der Waals surface area contributed by atoms with Crippen molar-refractivity contribution in [3.8, 4) is 0 Å². The van der Waals surface area contributed by atoms with Crippen molar-refractivity contribution in [1.29, 1.82) is 0 Å². The first-order chi connectivity index (χ1) is 11.5. The second-order valence-corrected chi connectivity index (χ2v) is 9.08. The fraction of sp³-hybridized carbons (Fsp3) is 0.538. The molecule has 1 aromatic carbocycles. The summed E-state index contributed by atoms with van der Waals surface area (Å²) in [7, 11) is -7.34. The van der Waals surface area contributed by atoms with Gasteiger partial charge in [0.2, 0.25) is 0 Å². The van der Waals surface area contributed by atoms with Crippen LogP contribution < -0.4 is 5.32 Å². The van der Waals surface area contributed by atoms with Crippen molar-refractivity contribution in [3.63, 3.8) is 0 Å². The van der Waals surface area contributed by atoms with E-state index in [1.807, 2.05) is 6.92 Å². The van der Waals surface area contributed by atoms with E-state index in [-0.39, 0.29) is 22.8 Å². The first kappa shape index (κ1) is 24.1. The van der Waals surface area contributed by atoms with E-state index in [0.29, 0.717) is 12.1 Å². The van der Waals surface area contributed by atoms with E-state index in [1.165, 1.54) is 12.1 Å². The van der Waals surface area contributed by atoms with Gasteiger partial charge in [-0.3, -0.25) is 4.55 Å². The number of benzene rings is 1. The van der Waals surface area contributed by atoms with E-state index in [9.17, 15) is 16.8 Å². The Morgan fingerprint density at radius 2 is 1.60 bits per heavy atom. The van der Waals surface area contributed by atoms with Gasteiger partial charge in [0.25, 0.3) is 10.1 Å². The molecule has 0 aliphatic carbocycles. The first-order valence-electron chi connectivity index (χ1n) is 7.24. The fourth-order valence-electron chi connectivity index (χ4n) is 1.74. The maximum atomic E-state index is 12.0. The van der Waals surface area contributed by atoms with E-state index in [4.69, 9.17) is 17.9 Å². The van der Waals surface area contributed by atoms with Crippen molar-refractivity contribution in [3.05, 3.63) is 29.8 Å². The Morgan fingerprint density at radius 1 is 1.08 bits per heavy atom. The van der Waals surface area contributed by atoms with E-state index >= 15 is 0 Å². The molecule has 1 atom stereocenters. The van der Waals surface area contributed by atoms with Gasteiger partial charge < -0.3 is 14.4 Å². The van der Waals surface area contributed by atoms with Crippen LogP contribution in [0.25, 0.3) is 0 Å². The average Bonchev–Trinajstić information content (AvgIpc) is 2.49. The van der Waals surface area contributed by atoms with Crippen molar-refractivity contribution in [2.75, 3.05) is 24.6 Å². The van der Waals surface area contributed by atoms with Crippen LogP contribution in [-0.4, -0.2) is 59.3 Å². The number of aryl methyl sites for hydroxylation is 1. The lowest BCUT2D eigenvalue weighted by Crippen LogP contribution is -2.23. The van der Waals surface area contributed by atoms with Crippen molar-refractivity contribution in [2.45, 2.75) is 24.7 Å². The van der Waals surface area contributed by atoms with E-state index in [1.54, 1.807) is 12.1 Å². The Morgan fingerprint density at radius 3 is 2.04 bits per heavy atom. The largest absolute Gasteiger partial charge is 0.750 e. The molecule has 146 valence electrons. The van der Waals surface area contributed by atoms with E-state index in [2.05, 4.69) is 5.32 Å². The van der Waals surface area contributed by atoms with Crippen LogP contribution in [0.3, 0.4) is 0 Å². The van der Waals surface area contributed by atoms with Crippen molar-refractivity contribution < 1.29 is 34.7 Å². The zero-order valence-corrected chi connectivity index (χ0v) is 16.1. The highest BCUT2D eigenvalue weighted by Gasteiger charge is 2.14. The fourth-order valence-corrected chi connectivity index (χ4v) is 3.43. The summed E-state index contributed by atoms with van der Waals surface area (Å²) in [6.07, 6.45) is 1.10. The van der Waals surface area contributed by atoms with E-state index in [0.717, 1.165) is 13.0 Å². The van der Waals surface area contributed by atoms with Gasteiger partial charge in [-0.1, -0.05) is 19.1 Å². The highest BCUT2D eigenvalue weighted by atomic mass is 32.2. The predicted octanol–water partition coefficient (Wildman–Crippen LogP) is 0.229. The molecule has 0 radical (unpaired) electrons. The predicted molar refractivity (Wildman–Crippen MR) is 93.3 cm³/mol. The van der Waals surface area contributed by atoms with Crippen LogP contribution in [0.1, 0.15) is 18.9 Å². The highest BCUT2D eigenvalue weighted by Crippen LogP contribution is 2.13. The van der Waals surface area contributed by atoms with Crippen LogP contribution in [0.5, 0.6) is 0 Å². The summed E-state index contributed by atoms with van der Waals surface area (Å²) >= 11 is -2.86. The molecule has 0 aliphatic heterocycles. The number of nitrogens with one attached hydrogen (secondary N) is 1. The summed E-state index contributed by atoms with van der Waals surface area (Å²) in [6.45, 7) is 3.19. The maximum Gasteiger partial charge on any atom is 0.265 e. The number of hydrogen-bond donors (Lipinski definition) is 3. The number of rotatable bonds is 9. The van der Waals surface area contributed by atoms with Gasteiger partial charge in [-0.25, -0.2) is 12.6 Å². The van der Waals surface area contributed by atoms with Gasteiger partial charge in [-0.15, -0.1) is 0 Å². The number of hydrogen-bond acceptors (Lipinski definition) is 7. The quantitative estimate of drug-likeness (QED) is 0.291. The molecule has 0 amide bonds. The lowest BCUT2D eigenvalue weighted by atomic mass is 10.2. The van der Waals surface area contributed by atoms with Crippen LogP contribution in [0.4, 0.5) is 0 Å². The SMILES string of the molecule is CCCNCCS(=O)(=O)c1ccc(CCS(=O)(=O)O)cc1.O=S([O-])O. The molecule has 3 N–H and O–H groups in total. The third-order valence-electron chi connectivity index (χ3n) is 2.91. The maximum absolute atomic E-state index is 12.0. The number of sulfone groups is 1. The molecule has 25 heavy (non-hydrogen) atoms. The minimum Gasteiger partial charge on any atom is -0.750 e. The molecule has 1 aromatic rings. The molecule has 0 heterocycles. The normalized spacial score (nSPS) is 13.0. The first-order valence-corrected chi connectivity index (χ1v) is 11.5. The van der Waals surface area contributed by atoms with Gasteiger partial charge in [0, 0.05) is 6.54 Å². The lowest BCUT2D eigenvalue weighted by molar-refractivity contribution is 0.436. The smallest absolute Gasteiger partial charge is 0.265 e. The summed E-state index contributed by atoms with van der Waals surface area (Å²) < 4.78 is 78.2. The lowest BCUT2D eigenvalue weighted by Gasteiger charge is -2.06. The van der Waals surface area contributed by atoms with Crippen molar-refractivity contribution in [2.24, 2.45) is 0 Å². The van der Waals surface area contributed by atoms with Crippen LogP contribution in [0.15, 0.2) is 29.2 Å². The van der Waals surface area contributed by atoms with Crippen molar-refractivity contribution in [1.82, 2.24) is 5.32 Å². The Balaban J connectivity index is 0.00000129. The minimum atomic E-state index is -4.00. The Kier molecular flexibility index (Phi) is 11.3.